The summed E-state index contributed by atoms with van der Waals surface area (Å²) in [4.78, 5) is 18.9. The van der Waals surface area contributed by atoms with Gasteiger partial charge >= 0.3 is 0 Å². The monoisotopic (exact) mass is 314 g/mol. The van der Waals surface area contributed by atoms with Crippen LogP contribution in [0.4, 0.5) is 10.9 Å². The molecular formula is C14H26N4O2S. The SMILES string of the molecule is CCCN(C)c1nc(N)c(C(=O)NCCCCCOC)s1. The molecule has 0 saturated heterocycles. The first-order valence-corrected chi connectivity index (χ1v) is 8.16. The summed E-state index contributed by atoms with van der Waals surface area (Å²) in [6.45, 7) is 4.42. The minimum absolute atomic E-state index is 0.132. The molecule has 0 fully saturated rings. The molecule has 6 nitrogen and oxygen atoms in total. The molecule has 0 bridgehead atoms. The van der Waals surface area contributed by atoms with Crippen LogP contribution in [0.15, 0.2) is 0 Å². The Morgan fingerprint density at radius 1 is 1.43 bits per heavy atom. The molecule has 120 valence electrons. The lowest BCUT2D eigenvalue weighted by molar-refractivity contribution is 0.0957. The highest BCUT2D eigenvalue weighted by Crippen LogP contribution is 2.27. The Hall–Kier alpha value is -1.34. The van der Waals surface area contributed by atoms with Crippen molar-refractivity contribution in [1.29, 1.82) is 0 Å². The van der Waals surface area contributed by atoms with Gasteiger partial charge in [0.05, 0.1) is 0 Å². The normalized spacial score (nSPS) is 10.6. The van der Waals surface area contributed by atoms with E-state index in [0.29, 0.717) is 17.2 Å². The van der Waals surface area contributed by atoms with Gasteiger partial charge in [0, 0.05) is 33.9 Å². The van der Waals surface area contributed by atoms with Gasteiger partial charge in [0.15, 0.2) is 5.13 Å². The van der Waals surface area contributed by atoms with E-state index in [9.17, 15) is 4.79 Å². The smallest absolute Gasteiger partial charge is 0.265 e. The van der Waals surface area contributed by atoms with E-state index in [-0.39, 0.29) is 5.91 Å². The van der Waals surface area contributed by atoms with E-state index in [1.807, 2.05) is 11.9 Å². The van der Waals surface area contributed by atoms with E-state index in [0.717, 1.165) is 44.0 Å². The summed E-state index contributed by atoms with van der Waals surface area (Å²) in [5, 5.41) is 3.68. The first kappa shape index (κ1) is 17.7. The number of hydrogen-bond donors (Lipinski definition) is 2. The topological polar surface area (TPSA) is 80.5 Å². The number of nitrogen functional groups attached to an aromatic ring is 1. The quantitative estimate of drug-likeness (QED) is 0.647. The van der Waals surface area contributed by atoms with Gasteiger partial charge in [-0.2, -0.15) is 0 Å². The highest BCUT2D eigenvalue weighted by Gasteiger charge is 2.17. The first-order chi connectivity index (χ1) is 10.1. The third-order valence-electron chi connectivity index (χ3n) is 3.04. The number of thiazole rings is 1. The van der Waals surface area contributed by atoms with Crippen molar-refractivity contribution in [2.24, 2.45) is 0 Å². The molecule has 1 amide bonds. The molecule has 0 unspecified atom stereocenters. The van der Waals surface area contributed by atoms with Crippen LogP contribution in [0.3, 0.4) is 0 Å². The third-order valence-corrected chi connectivity index (χ3v) is 4.23. The maximum atomic E-state index is 12.1. The number of nitrogens with zero attached hydrogens (tertiary/aromatic N) is 2. The number of unbranched alkanes of at least 4 members (excludes halogenated alkanes) is 2. The number of aromatic nitrogens is 1. The molecule has 1 aromatic heterocycles. The average Bonchev–Trinajstić information content (AvgIpc) is 2.85. The maximum Gasteiger partial charge on any atom is 0.265 e. The third kappa shape index (κ3) is 5.89. The largest absolute Gasteiger partial charge is 0.385 e. The standard InChI is InChI=1S/C14H26N4O2S/c1-4-9-18(2)14-17-12(15)11(21-14)13(19)16-8-6-5-7-10-20-3/h4-10,15H2,1-3H3,(H,16,19). The number of hydrogen-bond acceptors (Lipinski definition) is 6. The molecule has 0 saturated carbocycles. The highest BCUT2D eigenvalue weighted by atomic mass is 32.1. The van der Waals surface area contributed by atoms with Crippen LogP contribution in [0.25, 0.3) is 0 Å². The van der Waals surface area contributed by atoms with Crippen molar-refractivity contribution in [3.8, 4) is 0 Å². The Labute approximate surface area is 130 Å². The fraction of sp³-hybridized carbons (Fsp3) is 0.714. The predicted octanol–water partition coefficient (Wildman–Crippen LogP) is 2.12. The molecule has 0 atom stereocenters. The average molecular weight is 314 g/mol. The lowest BCUT2D eigenvalue weighted by Gasteiger charge is -2.13. The molecule has 21 heavy (non-hydrogen) atoms. The summed E-state index contributed by atoms with van der Waals surface area (Å²) < 4.78 is 4.98. The van der Waals surface area contributed by atoms with Crippen molar-refractivity contribution in [3.05, 3.63) is 4.88 Å². The molecule has 0 aliphatic rings. The van der Waals surface area contributed by atoms with E-state index in [1.54, 1.807) is 7.11 Å². The molecule has 0 aromatic carbocycles. The van der Waals surface area contributed by atoms with E-state index >= 15 is 0 Å². The van der Waals surface area contributed by atoms with Gasteiger partial charge in [0.25, 0.3) is 5.91 Å². The second-order valence-corrected chi connectivity index (χ2v) is 5.92. The molecule has 3 N–H and O–H groups in total. The fourth-order valence-electron chi connectivity index (χ4n) is 1.91. The van der Waals surface area contributed by atoms with Gasteiger partial charge in [0.2, 0.25) is 0 Å². The Morgan fingerprint density at radius 2 is 2.19 bits per heavy atom. The van der Waals surface area contributed by atoms with Crippen molar-refractivity contribution < 1.29 is 9.53 Å². The van der Waals surface area contributed by atoms with Crippen LogP contribution in [0.1, 0.15) is 42.3 Å². The van der Waals surface area contributed by atoms with Crippen molar-refractivity contribution in [2.45, 2.75) is 32.6 Å². The van der Waals surface area contributed by atoms with Gasteiger partial charge in [0.1, 0.15) is 10.7 Å². The van der Waals surface area contributed by atoms with E-state index in [1.165, 1.54) is 11.3 Å². The molecule has 7 heteroatoms. The lowest BCUT2D eigenvalue weighted by atomic mass is 10.2. The maximum absolute atomic E-state index is 12.1. The summed E-state index contributed by atoms with van der Waals surface area (Å²) in [7, 11) is 3.65. The van der Waals surface area contributed by atoms with Crippen LogP contribution in [0, 0.1) is 0 Å². The van der Waals surface area contributed by atoms with Gasteiger partial charge in [-0.05, 0) is 25.7 Å². The Kier molecular flexibility index (Phi) is 8.07. The number of anilines is 2. The van der Waals surface area contributed by atoms with E-state index < -0.39 is 0 Å². The molecule has 0 aliphatic carbocycles. The number of nitrogens with one attached hydrogen (secondary N) is 1. The van der Waals surface area contributed by atoms with Gasteiger partial charge in [-0.25, -0.2) is 4.98 Å². The predicted molar refractivity (Wildman–Crippen MR) is 88.1 cm³/mol. The molecule has 1 heterocycles. The summed E-state index contributed by atoms with van der Waals surface area (Å²) in [5.74, 6) is 0.183. The summed E-state index contributed by atoms with van der Waals surface area (Å²) in [6.07, 6.45) is 4.02. The number of methoxy groups -OCH3 is 1. The van der Waals surface area contributed by atoms with Crippen molar-refractivity contribution in [2.75, 3.05) is 44.5 Å². The van der Waals surface area contributed by atoms with Crippen molar-refractivity contribution >= 4 is 28.2 Å². The molecule has 0 radical (unpaired) electrons. The number of amides is 1. The summed E-state index contributed by atoms with van der Waals surface area (Å²) >= 11 is 1.35. The van der Waals surface area contributed by atoms with Crippen LogP contribution in [-0.4, -0.2) is 44.7 Å². The Balaban J connectivity index is 2.43. The van der Waals surface area contributed by atoms with Crippen LogP contribution in [-0.2, 0) is 4.74 Å². The molecule has 1 rings (SSSR count). The van der Waals surface area contributed by atoms with Gasteiger partial charge in [-0.3, -0.25) is 4.79 Å². The van der Waals surface area contributed by atoms with E-state index in [2.05, 4.69) is 17.2 Å². The Bertz CT molecular complexity index is 437. The van der Waals surface area contributed by atoms with E-state index in [4.69, 9.17) is 10.5 Å². The number of nitrogens with two attached hydrogens (primary N) is 1. The first-order valence-electron chi connectivity index (χ1n) is 7.34. The van der Waals surface area contributed by atoms with Gasteiger partial charge < -0.3 is 20.7 Å². The molecular weight excluding hydrogens is 288 g/mol. The van der Waals surface area contributed by atoms with Crippen LogP contribution >= 0.6 is 11.3 Å². The van der Waals surface area contributed by atoms with Crippen molar-refractivity contribution in [1.82, 2.24) is 10.3 Å². The lowest BCUT2D eigenvalue weighted by Crippen LogP contribution is -2.24. The number of ether oxygens (including phenoxy) is 1. The van der Waals surface area contributed by atoms with Crippen LogP contribution in [0.2, 0.25) is 0 Å². The van der Waals surface area contributed by atoms with Crippen molar-refractivity contribution in [3.63, 3.8) is 0 Å². The zero-order valence-corrected chi connectivity index (χ0v) is 14.0. The van der Waals surface area contributed by atoms with Gasteiger partial charge in [-0.15, -0.1) is 0 Å². The minimum atomic E-state index is -0.132. The van der Waals surface area contributed by atoms with Gasteiger partial charge in [-0.1, -0.05) is 18.3 Å². The number of carbonyl (C=O) groups is 1. The number of rotatable bonds is 10. The summed E-state index contributed by atoms with van der Waals surface area (Å²) in [5.41, 5.74) is 5.84. The second-order valence-electron chi connectivity index (χ2n) is 4.94. The fourth-order valence-corrected chi connectivity index (χ4v) is 2.80. The zero-order chi connectivity index (χ0) is 15.7. The molecule has 0 spiro atoms. The summed E-state index contributed by atoms with van der Waals surface area (Å²) in [6, 6.07) is 0. The second kappa shape index (κ2) is 9.57. The van der Waals surface area contributed by atoms with Crippen LogP contribution < -0.4 is 16.0 Å². The molecule has 0 aliphatic heterocycles. The number of carbonyl (C=O) groups excluding carboxylic acids is 1. The zero-order valence-electron chi connectivity index (χ0n) is 13.1. The highest BCUT2D eigenvalue weighted by molar-refractivity contribution is 7.18. The van der Waals surface area contributed by atoms with Crippen LogP contribution in [0.5, 0.6) is 0 Å². The Morgan fingerprint density at radius 3 is 2.86 bits per heavy atom. The molecule has 1 aromatic rings. The minimum Gasteiger partial charge on any atom is -0.385 e.